The molecule has 0 spiro atoms. The van der Waals surface area contributed by atoms with Gasteiger partial charge in [0.15, 0.2) is 5.69 Å². The van der Waals surface area contributed by atoms with Crippen LogP contribution in [-0.4, -0.2) is 22.5 Å². The minimum Gasteiger partial charge on any atom is -0.476 e. The molecule has 0 saturated heterocycles. The summed E-state index contributed by atoms with van der Waals surface area (Å²) >= 11 is 1.23. The molecule has 5 nitrogen and oxygen atoms in total. The minimum atomic E-state index is -1.06. The van der Waals surface area contributed by atoms with Gasteiger partial charge in [0.1, 0.15) is 5.01 Å². The van der Waals surface area contributed by atoms with E-state index in [2.05, 4.69) is 10.3 Å². The largest absolute Gasteiger partial charge is 0.476 e. The fraction of sp³-hybridized carbons (Fsp3) is 0.154. The number of carbonyl (C=O) groups excluding carboxylic acids is 1. The number of carboxylic acids is 1. The Balaban J connectivity index is 2.19. The van der Waals surface area contributed by atoms with Crippen molar-refractivity contribution in [2.45, 2.75) is 12.5 Å². The van der Waals surface area contributed by atoms with Crippen molar-refractivity contribution in [1.29, 1.82) is 0 Å². The van der Waals surface area contributed by atoms with Gasteiger partial charge in [0, 0.05) is 5.38 Å². The molecule has 98 valence electrons. The highest BCUT2D eigenvalue weighted by molar-refractivity contribution is 7.09. The molecule has 2 N–H and O–H groups in total. The molecule has 0 radical (unpaired) electrons. The number of aromatic nitrogens is 1. The van der Waals surface area contributed by atoms with Crippen molar-refractivity contribution in [2.75, 3.05) is 0 Å². The molecule has 1 atom stereocenters. The SMILES string of the molecule is O=CNC(Cc1ccccc1)c1nc(C(=O)O)cs1. The molecule has 19 heavy (non-hydrogen) atoms. The average molecular weight is 276 g/mol. The Hall–Kier alpha value is -2.21. The van der Waals surface area contributed by atoms with Gasteiger partial charge in [-0.15, -0.1) is 11.3 Å². The van der Waals surface area contributed by atoms with E-state index in [1.165, 1.54) is 16.7 Å². The lowest BCUT2D eigenvalue weighted by molar-refractivity contribution is -0.110. The van der Waals surface area contributed by atoms with Crippen LogP contribution in [0.1, 0.15) is 27.1 Å². The number of benzene rings is 1. The highest BCUT2D eigenvalue weighted by Gasteiger charge is 2.17. The number of aromatic carboxylic acids is 1. The zero-order chi connectivity index (χ0) is 13.7. The van der Waals surface area contributed by atoms with Crippen LogP contribution in [0.25, 0.3) is 0 Å². The minimum absolute atomic E-state index is 0.00533. The van der Waals surface area contributed by atoms with Crippen molar-refractivity contribution in [3.8, 4) is 0 Å². The standard InChI is InChI=1S/C13H12N2O3S/c16-8-14-10(6-9-4-2-1-3-5-9)12-15-11(7-19-12)13(17)18/h1-5,7-8,10H,6H2,(H,14,16)(H,17,18). The molecule has 0 saturated carbocycles. The van der Waals surface area contributed by atoms with E-state index in [0.29, 0.717) is 17.8 Å². The number of carbonyl (C=O) groups is 2. The van der Waals surface area contributed by atoms with Crippen molar-refractivity contribution in [3.05, 3.63) is 52.0 Å². The van der Waals surface area contributed by atoms with Crippen LogP contribution in [0.5, 0.6) is 0 Å². The maximum atomic E-state index is 10.8. The maximum absolute atomic E-state index is 10.8. The summed E-state index contributed by atoms with van der Waals surface area (Å²) in [7, 11) is 0. The number of carboxylic acid groups (broad SMARTS) is 1. The number of amides is 1. The quantitative estimate of drug-likeness (QED) is 0.789. The van der Waals surface area contributed by atoms with E-state index in [4.69, 9.17) is 5.11 Å². The normalized spacial score (nSPS) is 11.8. The van der Waals surface area contributed by atoms with Crippen LogP contribution >= 0.6 is 11.3 Å². The van der Waals surface area contributed by atoms with Crippen LogP contribution in [0.4, 0.5) is 0 Å². The van der Waals surface area contributed by atoms with Gasteiger partial charge in [-0.3, -0.25) is 4.79 Å². The fourth-order valence-corrected chi connectivity index (χ4v) is 2.55. The molecular formula is C13H12N2O3S. The second-order valence-corrected chi connectivity index (χ2v) is 4.79. The number of nitrogens with zero attached hydrogens (tertiary/aromatic N) is 1. The van der Waals surface area contributed by atoms with Crippen LogP contribution in [0.3, 0.4) is 0 Å². The Morgan fingerprint density at radius 1 is 1.42 bits per heavy atom. The van der Waals surface area contributed by atoms with Crippen molar-refractivity contribution in [1.82, 2.24) is 10.3 Å². The van der Waals surface area contributed by atoms with Gasteiger partial charge >= 0.3 is 5.97 Å². The Bertz CT molecular complexity index is 568. The molecule has 1 heterocycles. The monoisotopic (exact) mass is 276 g/mol. The maximum Gasteiger partial charge on any atom is 0.355 e. The number of hydrogen-bond donors (Lipinski definition) is 2. The summed E-state index contributed by atoms with van der Waals surface area (Å²) in [5.41, 5.74) is 1.06. The molecule has 6 heteroatoms. The molecule has 2 aromatic rings. The summed E-state index contributed by atoms with van der Waals surface area (Å²) in [6.45, 7) is 0. The Kier molecular flexibility index (Phi) is 4.25. The van der Waals surface area contributed by atoms with Gasteiger partial charge in [-0.1, -0.05) is 30.3 Å². The van der Waals surface area contributed by atoms with Gasteiger partial charge in [0.2, 0.25) is 6.41 Å². The molecule has 0 bridgehead atoms. The van der Waals surface area contributed by atoms with E-state index >= 15 is 0 Å². The molecule has 0 fully saturated rings. The lowest BCUT2D eigenvalue weighted by Crippen LogP contribution is -2.21. The predicted molar refractivity (Wildman–Crippen MR) is 71.2 cm³/mol. The zero-order valence-electron chi connectivity index (χ0n) is 9.95. The van der Waals surface area contributed by atoms with Crippen molar-refractivity contribution in [3.63, 3.8) is 0 Å². The second kappa shape index (κ2) is 6.10. The second-order valence-electron chi connectivity index (χ2n) is 3.90. The van der Waals surface area contributed by atoms with Crippen LogP contribution in [0.2, 0.25) is 0 Å². The first-order valence-electron chi connectivity index (χ1n) is 5.63. The van der Waals surface area contributed by atoms with Crippen LogP contribution in [0, 0.1) is 0 Å². The van der Waals surface area contributed by atoms with Gasteiger partial charge in [-0.2, -0.15) is 0 Å². The van der Waals surface area contributed by atoms with Crippen LogP contribution in [-0.2, 0) is 11.2 Å². The van der Waals surface area contributed by atoms with Gasteiger partial charge in [0.25, 0.3) is 0 Å². The summed E-state index contributed by atoms with van der Waals surface area (Å²) in [4.78, 5) is 25.5. The van der Waals surface area contributed by atoms with E-state index in [0.717, 1.165) is 5.56 Å². The van der Waals surface area contributed by atoms with E-state index < -0.39 is 5.97 Å². The first-order valence-corrected chi connectivity index (χ1v) is 6.51. The van der Waals surface area contributed by atoms with Gasteiger partial charge in [-0.25, -0.2) is 9.78 Å². The first-order chi connectivity index (χ1) is 9.20. The first kappa shape index (κ1) is 13.2. The topological polar surface area (TPSA) is 79.3 Å². The number of rotatable bonds is 6. The highest BCUT2D eigenvalue weighted by Crippen LogP contribution is 2.22. The summed E-state index contributed by atoms with van der Waals surface area (Å²) in [5, 5.41) is 13.6. The van der Waals surface area contributed by atoms with E-state index in [1.807, 2.05) is 30.3 Å². The third-order valence-electron chi connectivity index (χ3n) is 2.59. The van der Waals surface area contributed by atoms with Crippen molar-refractivity contribution in [2.24, 2.45) is 0 Å². The molecular weight excluding hydrogens is 264 g/mol. The van der Waals surface area contributed by atoms with Crippen molar-refractivity contribution >= 4 is 23.7 Å². The number of thiazole rings is 1. The third kappa shape index (κ3) is 3.38. The molecule has 0 aliphatic carbocycles. The molecule has 1 aromatic carbocycles. The number of hydrogen-bond acceptors (Lipinski definition) is 4. The van der Waals surface area contributed by atoms with Gasteiger partial charge in [-0.05, 0) is 12.0 Å². The summed E-state index contributed by atoms with van der Waals surface area (Å²) < 4.78 is 0. The van der Waals surface area contributed by atoms with Crippen LogP contribution < -0.4 is 5.32 Å². The van der Waals surface area contributed by atoms with Gasteiger partial charge in [0.05, 0.1) is 6.04 Å². The molecule has 2 rings (SSSR count). The Morgan fingerprint density at radius 3 is 2.74 bits per heavy atom. The van der Waals surface area contributed by atoms with E-state index in [-0.39, 0.29) is 11.7 Å². The number of nitrogens with one attached hydrogen (secondary N) is 1. The molecule has 0 aliphatic heterocycles. The Morgan fingerprint density at radius 2 is 2.16 bits per heavy atom. The van der Waals surface area contributed by atoms with E-state index in [1.54, 1.807) is 0 Å². The molecule has 1 aromatic heterocycles. The smallest absolute Gasteiger partial charge is 0.355 e. The summed E-state index contributed by atoms with van der Waals surface area (Å²) in [5.74, 6) is -1.06. The summed E-state index contributed by atoms with van der Waals surface area (Å²) in [6.07, 6.45) is 1.18. The predicted octanol–water partition coefficient (Wildman–Crippen LogP) is 1.87. The lowest BCUT2D eigenvalue weighted by atomic mass is 10.1. The lowest BCUT2D eigenvalue weighted by Gasteiger charge is -2.13. The Labute approximate surface area is 113 Å². The van der Waals surface area contributed by atoms with Crippen molar-refractivity contribution < 1.29 is 14.7 Å². The molecule has 1 amide bonds. The van der Waals surface area contributed by atoms with Crippen LogP contribution in [0.15, 0.2) is 35.7 Å². The van der Waals surface area contributed by atoms with Gasteiger partial charge < -0.3 is 10.4 Å². The summed E-state index contributed by atoms with van der Waals surface area (Å²) in [6, 6.07) is 9.34. The molecule has 0 aliphatic rings. The highest BCUT2D eigenvalue weighted by atomic mass is 32.1. The molecule has 1 unspecified atom stereocenters. The van der Waals surface area contributed by atoms with E-state index in [9.17, 15) is 9.59 Å². The fourth-order valence-electron chi connectivity index (χ4n) is 1.70. The zero-order valence-corrected chi connectivity index (χ0v) is 10.8. The average Bonchev–Trinajstić information content (AvgIpc) is 2.89. The third-order valence-corrected chi connectivity index (χ3v) is 3.55.